The van der Waals surface area contributed by atoms with Gasteiger partial charge in [-0.1, -0.05) is 24.6 Å². The molecule has 0 aliphatic rings. The van der Waals surface area contributed by atoms with Crippen molar-refractivity contribution in [1.29, 1.82) is 0 Å². The zero-order chi connectivity index (χ0) is 13.4. The van der Waals surface area contributed by atoms with Gasteiger partial charge in [-0.25, -0.2) is 4.39 Å². The van der Waals surface area contributed by atoms with Gasteiger partial charge in [0.15, 0.2) is 0 Å². The van der Waals surface area contributed by atoms with Gasteiger partial charge in [-0.3, -0.25) is 0 Å². The molecule has 0 aliphatic heterocycles. The van der Waals surface area contributed by atoms with Crippen molar-refractivity contribution in [2.24, 2.45) is 0 Å². The number of aliphatic hydroxyl groups is 2. The van der Waals surface area contributed by atoms with Crippen molar-refractivity contribution in [1.82, 2.24) is 0 Å². The van der Waals surface area contributed by atoms with Crippen molar-refractivity contribution < 1.29 is 19.3 Å². The van der Waals surface area contributed by atoms with Crippen molar-refractivity contribution in [3.05, 3.63) is 35.6 Å². The molecule has 0 heterocycles. The SMILES string of the molecule is COCCCCC(CO)(CO)c1ccccc1F. The predicted octanol–water partition coefficient (Wildman–Crippen LogP) is 1.86. The number of hydrogen-bond donors (Lipinski definition) is 2. The molecule has 0 amide bonds. The molecule has 0 atom stereocenters. The van der Waals surface area contributed by atoms with Crippen LogP contribution in [-0.2, 0) is 10.2 Å². The molecule has 0 aliphatic carbocycles. The summed E-state index contributed by atoms with van der Waals surface area (Å²) in [6.45, 7) is 0.0963. The Balaban J connectivity index is 2.83. The maximum absolute atomic E-state index is 13.8. The van der Waals surface area contributed by atoms with Gasteiger partial charge in [0.1, 0.15) is 5.82 Å². The molecule has 0 radical (unpaired) electrons. The van der Waals surface area contributed by atoms with E-state index in [0.717, 1.165) is 12.8 Å². The van der Waals surface area contributed by atoms with E-state index in [4.69, 9.17) is 4.74 Å². The number of unbranched alkanes of at least 4 members (excludes halogenated alkanes) is 1. The maximum atomic E-state index is 13.8. The first-order chi connectivity index (χ1) is 8.70. The lowest BCUT2D eigenvalue weighted by molar-refractivity contribution is 0.101. The van der Waals surface area contributed by atoms with E-state index in [1.807, 2.05) is 0 Å². The second kappa shape index (κ2) is 7.46. The van der Waals surface area contributed by atoms with Crippen LogP contribution >= 0.6 is 0 Å². The van der Waals surface area contributed by atoms with Gasteiger partial charge in [0.25, 0.3) is 0 Å². The second-order valence-electron chi connectivity index (χ2n) is 4.53. The van der Waals surface area contributed by atoms with E-state index in [9.17, 15) is 14.6 Å². The summed E-state index contributed by atoms with van der Waals surface area (Å²) in [5.74, 6) is -0.382. The maximum Gasteiger partial charge on any atom is 0.127 e. The molecule has 3 nitrogen and oxygen atoms in total. The highest BCUT2D eigenvalue weighted by Gasteiger charge is 2.32. The normalized spacial score (nSPS) is 11.8. The van der Waals surface area contributed by atoms with Crippen LogP contribution in [0.25, 0.3) is 0 Å². The molecule has 1 aromatic rings. The number of methoxy groups -OCH3 is 1. The number of benzene rings is 1. The van der Waals surface area contributed by atoms with Gasteiger partial charge in [0.2, 0.25) is 0 Å². The molecule has 0 spiro atoms. The highest BCUT2D eigenvalue weighted by molar-refractivity contribution is 5.27. The average Bonchev–Trinajstić information content (AvgIpc) is 2.41. The fourth-order valence-electron chi connectivity index (χ4n) is 2.11. The average molecular weight is 256 g/mol. The number of hydrogen-bond acceptors (Lipinski definition) is 3. The van der Waals surface area contributed by atoms with Crippen LogP contribution in [0.3, 0.4) is 0 Å². The fraction of sp³-hybridized carbons (Fsp3) is 0.571. The Morgan fingerprint density at radius 3 is 2.39 bits per heavy atom. The van der Waals surface area contributed by atoms with Crippen LogP contribution in [0, 0.1) is 5.82 Å². The van der Waals surface area contributed by atoms with Gasteiger partial charge in [0.05, 0.1) is 13.2 Å². The van der Waals surface area contributed by atoms with Crippen molar-refractivity contribution in [3.8, 4) is 0 Å². The van der Waals surface area contributed by atoms with E-state index >= 15 is 0 Å². The smallest absolute Gasteiger partial charge is 0.127 e. The first kappa shape index (κ1) is 15.1. The Bertz CT molecular complexity index is 351. The van der Waals surface area contributed by atoms with Crippen LogP contribution in [0.4, 0.5) is 4.39 Å². The van der Waals surface area contributed by atoms with Crippen molar-refractivity contribution in [3.63, 3.8) is 0 Å². The van der Waals surface area contributed by atoms with Gasteiger partial charge in [-0.15, -0.1) is 0 Å². The number of rotatable bonds is 8. The molecule has 0 saturated carbocycles. The fourth-order valence-corrected chi connectivity index (χ4v) is 2.11. The van der Waals surface area contributed by atoms with Crippen molar-refractivity contribution in [2.75, 3.05) is 26.9 Å². The molecule has 2 N–H and O–H groups in total. The van der Waals surface area contributed by atoms with Crippen LogP contribution < -0.4 is 0 Å². The summed E-state index contributed by atoms with van der Waals surface area (Å²) in [6.07, 6.45) is 2.13. The number of aliphatic hydroxyl groups excluding tert-OH is 2. The molecule has 0 saturated heterocycles. The van der Waals surface area contributed by atoms with Gasteiger partial charge < -0.3 is 14.9 Å². The summed E-state index contributed by atoms with van der Waals surface area (Å²) in [5.41, 5.74) is -0.522. The zero-order valence-corrected chi connectivity index (χ0v) is 10.7. The summed E-state index contributed by atoms with van der Waals surface area (Å²) < 4.78 is 18.7. The summed E-state index contributed by atoms with van der Waals surface area (Å²) in [6, 6.07) is 6.29. The quantitative estimate of drug-likeness (QED) is 0.698. The van der Waals surface area contributed by atoms with E-state index in [0.29, 0.717) is 18.6 Å². The second-order valence-corrected chi connectivity index (χ2v) is 4.53. The Morgan fingerprint density at radius 2 is 1.83 bits per heavy atom. The number of halogens is 1. The first-order valence-electron chi connectivity index (χ1n) is 6.16. The third-order valence-electron chi connectivity index (χ3n) is 3.30. The summed E-state index contributed by atoms with van der Waals surface area (Å²) in [7, 11) is 1.63. The molecule has 0 bridgehead atoms. The van der Waals surface area contributed by atoms with Gasteiger partial charge in [0, 0.05) is 19.1 Å². The molecule has 0 unspecified atom stereocenters. The minimum atomic E-state index is -0.904. The van der Waals surface area contributed by atoms with E-state index in [2.05, 4.69) is 0 Å². The Hall–Kier alpha value is -0.970. The van der Waals surface area contributed by atoms with E-state index < -0.39 is 5.41 Å². The minimum Gasteiger partial charge on any atom is -0.395 e. The van der Waals surface area contributed by atoms with Gasteiger partial charge in [-0.2, -0.15) is 0 Å². The third-order valence-corrected chi connectivity index (χ3v) is 3.30. The zero-order valence-electron chi connectivity index (χ0n) is 10.7. The standard InChI is InChI=1S/C14H21FO3/c1-18-9-5-4-8-14(10-16,11-17)12-6-2-3-7-13(12)15/h2-3,6-7,16-17H,4-5,8-11H2,1H3. The number of ether oxygens (including phenoxy) is 1. The van der Waals surface area contributed by atoms with Crippen LogP contribution in [0.1, 0.15) is 24.8 Å². The first-order valence-corrected chi connectivity index (χ1v) is 6.16. The molecule has 0 aromatic heterocycles. The molecule has 18 heavy (non-hydrogen) atoms. The van der Waals surface area contributed by atoms with Gasteiger partial charge >= 0.3 is 0 Å². The topological polar surface area (TPSA) is 49.7 Å². The summed E-state index contributed by atoms with van der Waals surface area (Å²) >= 11 is 0. The minimum absolute atomic E-state index is 0.266. The summed E-state index contributed by atoms with van der Waals surface area (Å²) in [4.78, 5) is 0. The highest BCUT2D eigenvalue weighted by Crippen LogP contribution is 2.31. The monoisotopic (exact) mass is 256 g/mol. The van der Waals surface area contributed by atoms with Crippen molar-refractivity contribution >= 4 is 0 Å². The molecule has 102 valence electrons. The molecule has 0 fully saturated rings. The molecule has 1 aromatic carbocycles. The Morgan fingerprint density at radius 1 is 1.17 bits per heavy atom. The van der Waals surface area contributed by atoms with Crippen LogP contribution in [-0.4, -0.2) is 37.1 Å². The lowest BCUT2D eigenvalue weighted by atomic mass is 9.77. The van der Waals surface area contributed by atoms with E-state index in [1.165, 1.54) is 6.07 Å². The van der Waals surface area contributed by atoms with Crippen molar-refractivity contribution in [2.45, 2.75) is 24.7 Å². The largest absolute Gasteiger partial charge is 0.395 e. The highest BCUT2D eigenvalue weighted by atomic mass is 19.1. The lowest BCUT2D eigenvalue weighted by Gasteiger charge is -2.30. The Kier molecular flexibility index (Phi) is 6.25. The summed E-state index contributed by atoms with van der Waals surface area (Å²) in [5, 5.41) is 19.1. The molecular formula is C14H21FO3. The molecule has 1 rings (SSSR count). The molecule has 4 heteroatoms. The molecular weight excluding hydrogens is 235 g/mol. The predicted molar refractivity (Wildman–Crippen MR) is 68.0 cm³/mol. The Labute approximate surface area is 107 Å². The van der Waals surface area contributed by atoms with Crippen LogP contribution in [0.15, 0.2) is 24.3 Å². The van der Waals surface area contributed by atoms with E-state index in [1.54, 1.807) is 25.3 Å². The van der Waals surface area contributed by atoms with Crippen LogP contribution in [0.5, 0.6) is 0 Å². The lowest BCUT2D eigenvalue weighted by Crippen LogP contribution is -2.36. The van der Waals surface area contributed by atoms with Gasteiger partial charge in [-0.05, 0) is 24.5 Å². The van der Waals surface area contributed by atoms with Crippen LogP contribution in [0.2, 0.25) is 0 Å². The third kappa shape index (κ3) is 3.51. The van der Waals surface area contributed by atoms with E-state index in [-0.39, 0.29) is 19.0 Å².